The number of aromatic amines is 2. The molecule has 0 radical (unpaired) electrons. The molecule has 0 saturated heterocycles. The maximum Gasteiger partial charge on any atom is 0.323 e. The Morgan fingerprint density at radius 3 is 2.67 bits per heavy atom. The number of nitriles is 1. The van der Waals surface area contributed by atoms with Gasteiger partial charge in [-0.1, -0.05) is 6.07 Å². The van der Waals surface area contributed by atoms with Crippen LogP contribution >= 0.6 is 0 Å². The summed E-state index contributed by atoms with van der Waals surface area (Å²) in [7, 11) is 0. The predicted molar refractivity (Wildman–Crippen MR) is 88.8 cm³/mol. The van der Waals surface area contributed by atoms with Crippen molar-refractivity contribution in [1.29, 1.82) is 5.26 Å². The average molecular weight is 323 g/mol. The second-order valence-electron chi connectivity index (χ2n) is 5.35. The van der Waals surface area contributed by atoms with E-state index in [0.29, 0.717) is 16.7 Å². The van der Waals surface area contributed by atoms with Gasteiger partial charge in [-0.05, 0) is 30.7 Å². The molecule has 1 aromatic heterocycles. The zero-order chi connectivity index (χ0) is 17.3. The van der Waals surface area contributed by atoms with E-state index in [2.05, 4.69) is 15.3 Å². The van der Waals surface area contributed by atoms with Crippen molar-refractivity contribution < 1.29 is 4.92 Å². The molecule has 3 aromatic rings. The maximum absolute atomic E-state index is 11.3. The van der Waals surface area contributed by atoms with Crippen LogP contribution in [0.3, 0.4) is 0 Å². The summed E-state index contributed by atoms with van der Waals surface area (Å²) in [6.07, 6.45) is 0. The van der Waals surface area contributed by atoms with Crippen LogP contribution in [0.5, 0.6) is 0 Å². The lowest BCUT2D eigenvalue weighted by atomic mass is 10.1. The average Bonchev–Trinajstić information content (AvgIpc) is 2.93. The summed E-state index contributed by atoms with van der Waals surface area (Å²) >= 11 is 0. The summed E-state index contributed by atoms with van der Waals surface area (Å²) in [6, 6.07) is 11.4. The molecule has 0 fully saturated rings. The van der Waals surface area contributed by atoms with Gasteiger partial charge >= 0.3 is 5.69 Å². The van der Waals surface area contributed by atoms with Crippen LogP contribution in [0.1, 0.15) is 24.1 Å². The molecule has 3 rings (SSSR count). The van der Waals surface area contributed by atoms with E-state index in [1.54, 1.807) is 6.07 Å². The normalized spacial score (nSPS) is 11.8. The Kier molecular flexibility index (Phi) is 3.75. The molecule has 1 heterocycles. The van der Waals surface area contributed by atoms with Gasteiger partial charge in [0, 0.05) is 18.2 Å². The minimum atomic E-state index is -0.537. The minimum Gasteiger partial charge on any atom is -0.377 e. The Hall–Kier alpha value is -3.60. The van der Waals surface area contributed by atoms with Gasteiger partial charge in [-0.2, -0.15) is 5.26 Å². The predicted octanol–water partition coefficient (Wildman–Crippen LogP) is 2.81. The Balaban J connectivity index is 1.90. The fourth-order valence-electron chi connectivity index (χ4n) is 2.50. The number of nitro groups is 1. The number of nitrogens with zero attached hydrogens (tertiary/aromatic N) is 2. The van der Waals surface area contributed by atoms with Gasteiger partial charge in [0.1, 0.15) is 6.07 Å². The summed E-state index contributed by atoms with van der Waals surface area (Å²) in [5.41, 5.74) is 2.62. The number of hydrogen-bond acceptors (Lipinski definition) is 5. The van der Waals surface area contributed by atoms with Gasteiger partial charge in [-0.3, -0.25) is 10.1 Å². The number of H-pyrrole nitrogens is 2. The number of aromatic nitrogens is 2. The van der Waals surface area contributed by atoms with Crippen molar-refractivity contribution in [2.45, 2.75) is 13.0 Å². The molecule has 8 heteroatoms. The fraction of sp³-hybridized carbons (Fsp3) is 0.125. The first kappa shape index (κ1) is 15.3. The van der Waals surface area contributed by atoms with Gasteiger partial charge in [0.2, 0.25) is 0 Å². The third kappa shape index (κ3) is 2.83. The SMILES string of the molecule is C[C@@H](Nc1ccc([N+](=O)[O-])cc1C#N)c1ccc2[nH]c(=O)[nH]c2c1. The number of benzene rings is 2. The smallest absolute Gasteiger partial charge is 0.323 e. The van der Waals surface area contributed by atoms with Crippen molar-refractivity contribution in [3.8, 4) is 6.07 Å². The highest BCUT2D eigenvalue weighted by Gasteiger charge is 2.13. The van der Waals surface area contributed by atoms with Crippen LogP contribution in [0, 0.1) is 21.4 Å². The van der Waals surface area contributed by atoms with Crippen molar-refractivity contribution in [1.82, 2.24) is 9.97 Å². The highest BCUT2D eigenvalue weighted by molar-refractivity contribution is 5.75. The van der Waals surface area contributed by atoms with Crippen molar-refractivity contribution in [2.75, 3.05) is 5.32 Å². The molecular weight excluding hydrogens is 310 g/mol. The van der Waals surface area contributed by atoms with E-state index in [9.17, 15) is 20.2 Å². The molecule has 3 N–H and O–H groups in total. The zero-order valence-corrected chi connectivity index (χ0v) is 12.7. The van der Waals surface area contributed by atoms with Crippen LogP contribution in [0.25, 0.3) is 11.0 Å². The number of hydrogen-bond donors (Lipinski definition) is 3. The van der Waals surface area contributed by atoms with E-state index in [-0.39, 0.29) is 23.0 Å². The maximum atomic E-state index is 11.3. The molecule has 0 saturated carbocycles. The number of imidazole rings is 1. The van der Waals surface area contributed by atoms with E-state index in [0.717, 1.165) is 5.56 Å². The number of fused-ring (bicyclic) bond motifs is 1. The number of nitro benzene ring substituents is 1. The molecule has 0 unspecified atom stereocenters. The van der Waals surface area contributed by atoms with Gasteiger partial charge in [0.15, 0.2) is 0 Å². The molecule has 1 atom stereocenters. The zero-order valence-electron chi connectivity index (χ0n) is 12.7. The fourth-order valence-corrected chi connectivity index (χ4v) is 2.50. The van der Waals surface area contributed by atoms with Crippen LogP contribution < -0.4 is 11.0 Å². The van der Waals surface area contributed by atoms with Crippen LogP contribution in [0.4, 0.5) is 11.4 Å². The van der Waals surface area contributed by atoms with Gasteiger partial charge < -0.3 is 15.3 Å². The van der Waals surface area contributed by atoms with E-state index >= 15 is 0 Å². The second-order valence-corrected chi connectivity index (χ2v) is 5.35. The van der Waals surface area contributed by atoms with E-state index < -0.39 is 4.92 Å². The summed E-state index contributed by atoms with van der Waals surface area (Å²) in [5, 5.41) is 23.2. The number of non-ortho nitro benzene ring substituents is 1. The highest BCUT2D eigenvalue weighted by Crippen LogP contribution is 2.26. The third-order valence-electron chi connectivity index (χ3n) is 3.75. The topological polar surface area (TPSA) is 128 Å². The molecule has 8 nitrogen and oxygen atoms in total. The standard InChI is InChI=1S/C16H13N5O3/c1-9(10-2-4-14-15(7-10)20-16(22)19-14)18-13-5-3-12(21(23)24)6-11(13)8-17/h2-7,9,18H,1H3,(H2,19,20,22)/t9-/m1/s1. The Morgan fingerprint density at radius 1 is 1.21 bits per heavy atom. The summed E-state index contributed by atoms with van der Waals surface area (Å²) in [5.74, 6) is 0. The van der Waals surface area contributed by atoms with E-state index in [4.69, 9.17) is 0 Å². The first-order chi connectivity index (χ1) is 11.5. The first-order valence-corrected chi connectivity index (χ1v) is 7.15. The Bertz CT molecular complexity index is 1030. The van der Waals surface area contributed by atoms with E-state index in [1.165, 1.54) is 18.2 Å². The molecule has 120 valence electrons. The Labute approximate surface area is 135 Å². The third-order valence-corrected chi connectivity index (χ3v) is 3.75. The van der Waals surface area contributed by atoms with Crippen LogP contribution in [0.2, 0.25) is 0 Å². The lowest BCUT2D eigenvalue weighted by molar-refractivity contribution is -0.384. The first-order valence-electron chi connectivity index (χ1n) is 7.15. The van der Waals surface area contributed by atoms with Crippen LogP contribution in [-0.2, 0) is 0 Å². The number of anilines is 1. The molecule has 2 aromatic carbocycles. The van der Waals surface area contributed by atoms with Crippen molar-refractivity contribution in [2.24, 2.45) is 0 Å². The summed E-state index contributed by atoms with van der Waals surface area (Å²) in [4.78, 5) is 26.9. The lowest BCUT2D eigenvalue weighted by Crippen LogP contribution is -2.08. The summed E-state index contributed by atoms with van der Waals surface area (Å²) < 4.78 is 0. The molecule has 0 bridgehead atoms. The number of nitrogens with one attached hydrogen (secondary N) is 3. The van der Waals surface area contributed by atoms with Crippen LogP contribution in [-0.4, -0.2) is 14.9 Å². The number of rotatable bonds is 4. The van der Waals surface area contributed by atoms with Gasteiger partial charge in [0.05, 0.1) is 27.2 Å². The molecule has 0 spiro atoms. The lowest BCUT2D eigenvalue weighted by Gasteiger charge is -2.16. The van der Waals surface area contributed by atoms with E-state index in [1.807, 2.05) is 25.1 Å². The Morgan fingerprint density at radius 2 is 1.96 bits per heavy atom. The van der Waals surface area contributed by atoms with Gasteiger partial charge in [-0.15, -0.1) is 0 Å². The van der Waals surface area contributed by atoms with Gasteiger partial charge in [0.25, 0.3) is 5.69 Å². The monoisotopic (exact) mass is 323 g/mol. The minimum absolute atomic E-state index is 0.129. The second kappa shape index (κ2) is 5.89. The van der Waals surface area contributed by atoms with Gasteiger partial charge in [-0.25, -0.2) is 4.79 Å². The molecule has 0 aliphatic carbocycles. The quantitative estimate of drug-likeness (QED) is 0.502. The highest BCUT2D eigenvalue weighted by atomic mass is 16.6. The van der Waals surface area contributed by atoms with Crippen molar-refractivity contribution in [3.05, 3.63) is 68.1 Å². The molecular formula is C16H13N5O3. The van der Waals surface area contributed by atoms with Crippen molar-refractivity contribution >= 4 is 22.4 Å². The summed E-state index contributed by atoms with van der Waals surface area (Å²) in [6.45, 7) is 1.90. The van der Waals surface area contributed by atoms with Crippen LogP contribution in [0.15, 0.2) is 41.2 Å². The molecule has 0 aliphatic rings. The molecule has 24 heavy (non-hydrogen) atoms. The van der Waals surface area contributed by atoms with Crippen molar-refractivity contribution in [3.63, 3.8) is 0 Å². The largest absolute Gasteiger partial charge is 0.377 e. The molecule has 0 amide bonds. The molecule has 0 aliphatic heterocycles.